The first-order valence-corrected chi connectivity index (χ1v) is 16.8. The van der Waals surface area contributed by atoms with Crippen molar-refractivity contribution < 1.29 is 34.3 Å². The normalized spacial score (nSPS) is 12.1. The second-order valence-corrected chi connectivity index (χ2v) is 12.3. The first-order chi connectivity index (χ1) is 22.9. The van der Waals surface area contributed by atoms with Crippen LogP contribution in [0, 0.1) is 0 Å². The zero-order valence-corrected chi connectivity index (χ0v) is 26.2. The lowest BCUT2D eigenvalue weighted by atomic mass is 10.1. The number of para-hydroxylation sites is 2. The van der Waals surface area contributed by atoms with Crippen LogP contribution < -0.4 is 19.5 Å². The molecule has 16 heteroatoms. The number of fused-ring (bicyclic) bond motifs is 2. The van der Waals surface area contributed by atoms with E-state index in [9.17, 15) is 26.4 Å². The molecule has 0 saturated heterocycles. The zero-order valence-electron chi connectivity index (χ0n) is 24.6. The number of hydrogen-bond acceptors (Lipinski definition) is 10. The smallest absolute Gasteiger partial charge is 0.362 e. The van der Waals surface area contributed by atoms with Gasteiger partial charge in [0.1, 0.15) is 23.1 Å². The monoisotopic (exact) mass is 688 g/mol. The Morgan fingerprint density at radius 1 is 0.583 bits per heavy atom. The van der Waals surface area contributed by atoms with Gasteiger partial charge in [-0.05, 0) is 48.5 Å². The van der Waals surface area contributed by atoms with Gasteiger partial charge in [0.2, 0.25) is 0 Å². The minimum Gasteiger partial charge on any atom is -0.362 e. The summed E-state index contributed by atoms with van der Waals surface area (Å²) < 4.78 is 75.4. The summed E-state index contributed by atoms with van der Waals surface area (Å²) >= 11 is 0. The largest absolute Gasteiger partial charge is 0.446 e. The number of hydrogen-bond donors (Lipinski definition) is 2. The average molecular weight is 689 g/mol. The van der Waals surface area contributed by atoms with Crippen LogP contribution in [-0.4, -0.2) is 45.0 Å². The zero-order chi connectivity index (χ0) is 34.1. The second-order valence-electron chi connectivity index (χ2n) is 10.3. The molecule has 6 rings (SSSR count). The van der Waals surface area contributed by atoms with Crippen LogP contribution in [0.1, 0.15) is 0 Å². The van der Waals surface area contributed by atoms with E-state index < -0.39 is 20.8 Å². The highest BCUT2D eigenvalue weighted by molar-refractivity contribution is 7.81. The lowest BCUT2D eigenvalue weighted by Crippen LogP contribution is -2.24. The second kappa shape index (κ2) is 12.8. The standard InChI is InChI=1S/C32H24N4O10S2/c37-31-25-13-1-3-15-27(25)33-29(21-9-7-11-23(19-21)45-47(39,40)41)35(31)17-5-6-18-36-30(34-28-16-4-2-14-26(28)32(36)38)22-10-8-12-24(20-22)46-48(42,43)44/h1-16,19-20H,17-18H2,(H,39,40,41)(H,42,43,44)/b6-5+. The molecule has 0 saturated carbocycles. The fourth-order valence-electron chi connectivity index (χ4n) is 5.09. The van der Waals surface area contributed by atoms with E-state index in [0.29, 0.717) is 32.9 Å². The van der Waals surface area contributed by atoms with E-state index in [4.69, 9.17) is 9.11 Å². The van der Waals surface area contributed by atoms with Gasteiger partial charge in [0.05, 0.1) is 21.8 Å². The molecular weight excluding hydrogens is 665 g/mol. The molecule has 2 heterocycles. The Morgan fingerprint density at radius 2 is 0.979 bits per heavy atom. The van der Waals surface area contributed by atoms with Gasteiger partial charge in [-0.2, -0.15) is 16.8 Å². The molecule has 0 aliphatic heterocycles. The summed E-state index contributed by atoms with van der Waals surface area (Å²) in [7, 11) is -9.61. The third kappa shape index (κ3) is 7.16. The van der Waals surface area contributed by atoms with Crippen LogP contribution in [0.2, 0.25) is 0 Å². The summed E-state index contributed by atoms with van der Waals surface area (Å²) in [6, 6.07) is 24.8. The van der Waals surface area contributed by atoms with Gasteiger partial charge in [-0.3, -0.25) is 27.8 Å². The van der Waals surface area contributed by atoms with Crippen LogP contribution >= 0.6 is 0 Å². The highest BCUT2D eigenvalue weighted by Crippen LogP contribution is 2.26. The minimum absolute atomic E-state index is 0.0157. The summed E-state index contributed by atoms with van der Waals surface area (Å²) in [5.74, 6) is -0.0161. The van der Waals surface area contributed by atoms with E-state index in [2.05, 4.69) is 18.3 Å². The van der Waals surface area contributed by atoms with Gasteiger partial charge < -0.3 is 8.37 Å². The average Bonchev–Trinajstić information content (AvgIpc) is 3.03. The highest BCUT2D eigenvalue weighted by atomic mass is 32.3. The molecule has 0 fully saturated rings. The maximum atomic E-state index is 13.7. The van der Waals surface area contributed by atoms with Gasteiger partial charge in [-0.25, -0.2) is 9.97 Å². The molecular formula is C32H24N4O10S2. The fourth-order valence-corrected chi connectivity index (χ4v) is 5.79. The molecule has 0 bridgehead atoms. The van der Waals surface area contributed by atoms with Gasteiger partial charge >= 0.3 is 20.8 Å². The van der Waals surface area contributed by atoms with Gasteiger partial charge in [0.25, 0.3) is 11.1 Å². The van der Waals surface area contributed by atoms with Crippen molar-refractivity contribution in [1.82, 2.24) is 19.1 Å². The van der Waals surface area contributed by atoms with E-state index in [1.807, 2.05) is 0 Å². The maximum Gasteiger partial charge on any atom is 0.446 e. The predicted octanol–water partition coefficient (Wildman–Crippen LogP) is 4.06. The van der Waals surface area contributed by atoms with E-state index in [1.54, 1.807) is 72.8 Å². The number of rotatable bonds is 10. The Kier molecular flexibility index (Phi) is 8.63. The quantitative estimate of drug-likeness (QED) is 0.155. The van der Waals surface area contributed by atoms with Crippen molar-refractivity contribution in [3.8, 4) is 34.3 Å². The molecule has 14 nitrogen and oxygen atoms in total. The summed E-state index contributed by atoms with van der Waals surface area (Å²) in [5.41, 5.74) is 0.688. The van der Waals surface area contributed by atoms with Crippen molar-refractivity contribution in [3.63, 3.8) is 0 Å². The molecule has 0 spiro atoms. The first kappa shape index (κ1) is 32.3. The van der Waals surface area contributed by atoms with E-state index in [1.165, 1.54) is 45.5 Å². The summed E-state index contributed by atoms with van der Waals surface area (Å²) in [4.78, 5) is 36.6. The Morgan fingerprint density at radius 3 is 1.38 bits per heavy atom. The number of aromatic nitrogens is 4. The van der Waals surface area contributed by atoms with E-state index in [-0.39, 0.29) is 47.4 Å². The van der Waals surface area contributed by atoms with E-state index in [0.717, 1.165) is 0 Å². The molecule has 0 radical (unpaired) electrons. The fraction of sp³-hybridized carbons (Fsp3) is 0.0625. The Bertz CT molecular complexity index is 2400. The van der Waals surface area contributed by atoms with Crippen molar-refractivity contribution in [2.24, 2.45) is 0 Å². The summed E-state index contributed by atoms with van der Waals surface area (Å²) in [6.45, 7) is -0.0314. The van der Waals surface area contributed by atoms with Crippen molar-refractivity contribution >= 4 is 42.6 Å². The molecule has 48 heavy (non-hydrogen) atoms. The van der Waals surface area contributed by atoms with Crippen LogP contribution in [0.4, 0.5) is 0 Å². The lowest BCUT2D eigenvalue weighted by Gasteiger charge is -2.14. The van der Waals surface area contributed by atoms with Crippen LogP contribution in [0.25, 0.3) is 44.6 Å². The van der Waals surface area contributed by atoms with Crippen LogP contribution in [0.15, 0.2) is 119 Å². The van der Waals surface area contributed by atoms with Crippen LogP contribution in [0.5, 0.6) is 11.5 Å². The maximum absolute atomic E-state index is 13.7. The van der Waals surface area contributed by atoms with Gasteiger partial charge in [0.15, 0.2) is 0 Å². The molecule has 4 aromatic carbocycles. The third-order valence-electron chi connectivity index (χ3n) is 7.05. The molecule has 6 aromatic rings. The number of nitrogens with zero attached hydrogens (tertiary/aromatic N) is 4. The Labute approximate surface area is 272 Å². The molecule has 0 aliphatic rings. The van der Waals surface area contributed by atoms with Crippen LogP contribution in [-0.2, 0) is 33.9 Å². The van der Waals surface area contributed by atoms with Crippen molar-refractivity contribution in [2.75, 3.05) is 0 Å². The van der Waals surface area contributed by atoms with E-state index >= 15 is 0 Å². The molecule has 0 unspecified atom stereocenters. The third-order valence-corrected chi connectivity index (χ3v) is 7.86. The van der Waals surface area contributed by atoms with Crippen molar-refractivity contribution in [1.29, 1.82) is 0 Å². The molecule has 0 aliphatic carbocycles. The molecule has 0 amide bonds. The highest BCUT2D eigenvalue weighted by Gasteiger charge is 2.16. The van der Waals surface area contributed by atoms with Gasteiger partial charge in [-0.1, -0.05) is 60.7 Å². The van der Waals surface area contributed by atoms with Crippen molar-refractivity contribution in [2.45, 2.75) is 13.1 Å². The summed E-state index contributed by atoms with van der Waals surface area (Å²) in [5, 5.41) is 0.674. The SMILES string of the molecule is O=c1c2ccccc2nc(-c2cccc(OS(=O)(=O)O)c2)n1C/C=C/Cn1c(-c2cccc(OS(=O)(=O)O)c2)nc2ccccc2c1=O. The van der Waals surface area contributed by atoms with Crippen molar-refractivity contribution in [3.05, 3.63) is 130 Å². The van der Waals surface area contributed by atoms with Gasteiger partial charge in [-0.15, -0.1) is 0 Å². The predicted molar refractivity (Wildman–Crippen MR) is 176 cm³/mol. The lowest BCUT2D eigenvalue weighted by molar-refractivity contribution is 0.384. The summed E-state index contributed by atoms with van der Waals surface area (Å²) in [6.07, 6.45) is 3.28. The van der Waals surface area contributed by atoms with Crippen LogP contribution in [0.3, 0.4) is 0 Å². The molecule has 0 atom stereocenters. The van der Waals surface area contributed by atoms with Gasteiger partial charge in [0, 0.05) is 24.2 Å². The molecule has 2 N–H and O–H groups in total. The molecule has 2 aromatic heterocycles. The Hall–Kier alpha value is -5.68. The minimum atomic E-state index is -4.80. The Balaban J connectivity index is 1.40. The number of benzene rings is 4. The molecule has 244 valence electrons. The topological polar surface area (TPSA) is 197 Å². The number of allylic oxidation sites excluding steroid dienone is 2. The first-order valence-electron chi connectivity index (χ1n) is 14.1.